The summed E-state index contributed by atoms with van der Waals surface area (Å²) in [7, 11) is 0. The predicted octanol–water partition coefficient (Wildman–Crippen LogP) is 1.36. The van der Waals surface area contributed by atoms with Gasteiger partial charge in [-0.2, -0.15) is 0 Å². The number of ether oxygens (including phenoxy) is 1. The van der Waals surface area contributed by atoms with Crippen LogP contribution in [0.4, 0.5) is 0 Å². The summed E-state index contributed by atoms with van der Waals surface area (Å²) in [4.78, 5) is 12.6. The first-order valence-electron chi connectivity index (χ1n) is 7.89. The Morgan fingerprint density at radius 1 is 1.24 bits per heavy atom. The average Bonchev–Trinajstić information content (AvgIpc) is 2.50. The fraction of sp³-hybridized carbons (Fsp3) is 0.588. The Labute approximate surface area is 126 Å². The summed E-state index contributed by atoms with van der Waals surface area (Å²) in [6.07, 6.45) is 2.94. The standard InChI is InChI=1S/C17H24N2O2/c20-16(19-11-15-6-8-21-9-7-15)17(12-18-13-17)10-14-4-2-1-3-5-14/h1-5,15,18H,6-13H2,(H,19,20). The number of benzene rings is 1. The zero-order chi connectivity index (χ0) is 14.5. The van der Waals surface area contributed by atoms with E-state index in [2.05, 4.69) is 22.8 Å². The first-order valence-corrected chi connectivity index (χ1v) is 7.89. The number of carbonyl (C=O) groups excluding carboxylic acids is 1. The van der Waals surface area contributed by atoms with Gasteiger partial charge in [0.2, 0.25) is 5.91 Å². The summed E-state index contributed by atoms with van der Waals surface area (Å²) < 4.78 is 5.36. The van der Waals surface area contributed by atoms with E-state index in [9.17, 15) is 4.79 Å². The number of amides is 1. The van der Waals surface area contributed by atoms with E-state index < -0.39 is 0 Å². The van der Waals surface area contributed by atoms with Crippen LogP contribution in [0, 0.1) is 11.3 Å². The molecule has 2 aliphatic rings. The average molecular weight is 288 g/mol. The fourth-order valence-electron chi connectivity index (χ4n) is 3.15. The van der Waals surface area contributed by atoms with Gasteiger partial charge in [0.1, 0.15) is 0 Å². The van der Waals surface area contributed by atoms with E-state index in [1.54, 1.807) is 0 Å². The van der Waals surface area contributed by atoms with Crippen molar-refractivity contribution < 1.29 is 9.53 Å². The molecule has 1 aromatic carbocycles. The minimum Gasteiger partial charge on any atom is -0.381 e. The number of nitrogens with one attached hydrogen (secondary N) is 2. The molecule has 0 spiro atoms. The number of carbonyl (C=O) groups is 1. The molecule has 3 rings (SSSR count). The van der Waals surface area contributed by atoms with Gasteiger partial charge in [0.05, 0.1) is 5.41 Å². The number of hydrogen-bond donors (Lipinski definition) is 2. The third kappa shape index (κ3) is 3.44. The third-order valence-electron chi connectivity index (χ3n) is 4.69. The smallest absolute Gasteiger partial charge is 0.229 e. The Morgan fingerprint density at radius 2 is 1.95 bits per heavy atom. The maximum atomic E-state index is 12.6. The molecular formula is C17H24N2O2. The van der Waals surface area contributed by atoms with Crippen molar-refractivity contribution in [3.05, 3.63) is 35.9 Å². The molecule has 4 nitrogen and oxygen atoms in total. The van der Waals surface area contributed by atoms with E-state index in [-0.39, 0.29) is 11.3 Å². The largest absolute Gasteiger partial charge is 0.381 e. The molecule has 21 heavy (non-hydrogen) atoms. The van der Waals surface area contributed by atoms with Crippen molar-refractivity contribution in [2.45, 2.75) is 19.3 Å². The van der Waals surface area contributed by atoms with Crippen LogP contribution in [0.25, 0.3) is 0 Å². The van der Waals surface area contributed by atoms with Crippen LogP contribution in [-0.2, 0) is 16.0 Å². The van der Waals surface area contributed by atoms with Crippen molar-refractivity contribution in [2.24, 2.45) is 11.3 Å². The monoisotopic (exact) mass is 288 g/mol. The maximum absolute atomic E-state index is 12.6. The number of rotatable bonds is 5. The SMILES string of the molecule is O=C(NCC1CCOCC1)C1(Cc2ccccc2)CNC1. The molecule has 2 fully saturated rings. The van der Waals surface area contributed by atoms with Crippen LogP contribution in [0.5, 0.6) is 0 Å². The summed E-state index contributed by atoms with van der Waals surface area (Å²) in [5.41, 5.74) is 0.979. The molecule has 1 aromatic rings. The van der Waals surface area contributed by atoms with Gasteiger partial charge in [-0.25, -0.2) is 0 Å². The van der Waals surface area contributed by atoms with Gasteiger partial charge in [-0.3, -0.25) is 4.79 Å². The Kier molecular flexibility index (Phi) is 4.56. The van der Waals surface area contributed by atoms with Crippen LogP contribution in [-0.4, -0.2) is 38.8 Å². The highest BCUT2D eigenvalue weighted by molar-refractivity contribution is 5.84. The van der Waals surface area contributed by atoms with Crippen LogP contribution in [0.3, 0.4) is 0 Å². The molecule has 0 bridgehead atoms. The predicted molar refractivity (Wildman–Crippen MR) is 82.0 cm³/mol. The summed E-state index contributed by atoms with van der Waals surface area (Å²) in [5.74, 6) is 0.779. The minimum absolute atomic E-state index is 0.205. The van der Waals surface area contributed by atoms with E-state index >= 15 is 0 Å². The Balaban J connectivity index is 1.56. The van der Waals surface area contributed by atoms with Gasteiger partial charge in [-0.1, -0.05) is 30.3 Å². The van der Waals surface area contributed by atoms with Gasteiger partial charge < -0.3 is 15.4 Å². The third-order valence-corrected chi connectivity index (χ3v) is 4.69. The first kappa shape index (κ1) is 14.5. The minimum atomic E-state index is -0.257. The van der Waals surface area contributed by atoms with E-state index in [1.807, 2.05) is 18.2 Å². The van der Waals surface area contributed by atoms with E-state index in [1.165, 1.54) is 5.56 Å². The van der Waals surface area contributed by atoms with Gasteiger partial charge in [0.15, 0.2) is 0 Å². The fourth-order valence-corrected chi connectivity index (χ4v) is 3.15. The molecular weight excluding hydrogens is 264 g/mol. The lowest BCUT2D eigenvalue weighted by atomic mass is 9.75. The summed E-state index contributed by atoms with van der Waals surface area (Å²) >= 11 is 0. The molecule has 4 heteroatoms. The molecule has 2 heterocycles. The lowest BCUT2D eigenvalue weighted by Gasteiger charge is -2.41. The summed E-state index contributed by atoms with van der Waals surface area (Å²) in [6.45, 7) is 4.01. The zero-order valence-electron chi connectivity index (χ0n) is 12.4. The van der Waals surface area contributed by atoms with Crippen molar-refractivity contribution >= 4 is 5.91 Å². The maximum Gasteiger partial charge on any atom is 0.229 e. The molecule has 2 saturated heterocycles. The summed E-state index contributed by atoms with van der Waals surface area (Å²) in [6, 6.07) is 10.3. The Bertz CT molecular complexity index is 465. The van der Waals surface area contributed by atoms with Crippen molar-refractivity contribution in [2.75, 3.05) is 32.8 Å². The topological polar surface area (TPSA) is 50.4 Å². The van der Waals surface area contributed by atoms with Crippen molar-refractivity contribution in [3.63, 3.8) is 0 Å². The second kappa shape index (κ2) is 6.58. The molecule has 0 unspecified atom stereocenters. The molecule has 114 valence electrons. The highest BCUT2D eigenvalue weighted by Gasteiger charge is 2.44. The molecule has 0 saturated carbocycles. The van der Waals surface area contributed by atoms with E-state index in [0.29, 0.717) is 5.92 Å². The van der Waals surface area contributed by atoms with E-state index in [0.717, 1.165) is 52.1 Å². The van der Waals surface area contributed by atoms with Crippen molar-refractivity contribution in [1.29, 1.82) is 0 Å². The molecule has 0 aliphatic carbocycles. The van der Waals surface area contributed by atoms with Crippen LogP contribution in [0.1, 0.15) is 18.4 Å². The van der Waals surface area contributed by atoms with Crippen LogP contribution >= 0.6 is 0 Å². The molecule has 0 aromatic heterocycles. The molecule has 2 N–H and O–H groups in total. The van der Waals surface area contributed by atoms with Crippen LogP contribution in [0.15, 0.2) is 30.3 Å². The van der Waals surface area contributed by atoms with Crippen molar-refractivity contribution in [1.82, 2.24) is 10.6 Å². The first-order chi connectivity index (χ1) is 10.3. The quantitative estimate of drug-likeness (QED) is 0.860. The van der Waals surface area contributed by atoms with Gasteiger partial charge in [0.25, 0.3) is 0 Å². The van der Waals surface area contributed by atoms with Gasteiger partial charge in [-0.05, 0) is 30.7 Å². The van der Waals surface area contributed by atoms with Crippen LogP contribution < -0.4 is 10.6 Å². The summed E-state index contributed by atoms with van der Waals surface area (Å²) in [5, 5.41) is 6.44. The zero-order valence-corrected chi connectivity index (χ0v) is 12.4. The molecule has 2 aliphatic heterocycles. The molecule has 1 amide bonds. The van der Waals surface area contributed by atoms with Crippen molar-refractivity contribution in [3.8, 4) is 0 Å². The lowest BCUT2D eigenvalue weighted by Crippen LogP contribution is -2.62. The second-order valence-corrected chi connectivity index (χ2v) is 6.31. The second-order valence-electron chi connectivity index (χ2n) is 6.31. The van der Waals surface area contributed by atoms with Crippen LogP contribution in [0.2, 0.25) is 0 Å². The molecule has 0 radical (unpaired) electrons. The van der Waals surface area contributed by atoms with E-state index in [4.69, 9.17) is 4.74 Å². The highest BCUT2D eigenvalue weighted by Crippen LogP contribution is 2.28. The normalized spacial score (nSPS) is 21.5. The van der Waals surface area contributed by atoms with Gasteiger partial charge >= 0.3 is 0 Å². The Hall–Kier alpha value is -1.39. The van der Waals surface area contributed by atoms with Gasteiger partial charge in [0, 0.05) is 32.8 Å². The number of hydrogen-bond acceptors (Lipinski definition) is 3. The van der Waals surface area contributed by atoms with Gasteiger partial charge in [-0.15, -0.1) is 0 Å². The highest BCUT2D eigenvalue weighted by atomic mass is 16.5. The molecule has 0 atom stereocenters. The Morgan fingerprint density at radius 3 is 2.57 bits per heavy atom. The lowest BCUT2D eigenvalue weighted by molar-refractivity contribution is -0.134.